The third-order valence-electron chi connectivity index (χ3n) is 4.43. The van der Waals surface area contributed by atoms with Crippen molar-refractivity contribution in [2.24, 2.45) is 5.73 Å². The molecule has 1 aliphatic rings. The molecule has 0 spiro atoms. The van der Waals surface area contributed by atoms with Crippen LogP contribution in [0, 0.1) is 5.82 Å². The number of hydrogen-bond acceptors (Lipinski definition) is 3. The first-order valence-electron chi connectivity index (χ1n) is 7.63. The number of benzene rings is 1. The monoisotopic (exact) mass is 357 g/mol. The van der Waals surface area contributed by atoms with Crippen molar-refractivity contribution in [1.29, 1.82) is 0 Å². The van der Waals surface area contributed by atoms with Gasteiger partial charge in [0.1, 0.15) is 5.82 Å². The number of likely N-dealkylation sites (tertiary alicyclic amines) is 1. The number of nitrogens with two attached hydrogens (primary N) is 1. The molecule has 118 valence electrons. The second kappa shape index (κ2) is 7.07. The first kappa shape index (κ1) is 16.7. The van der Waals surface area contributed by atoms with Crippen molar-refractivity contribution < 1.29 is 4.39 Å². The average Bonchev–Trinajstić information content (AvgIpc) is 2.66. The summed E-state index contributed by atoms with van der Waals surface area (Å²) in [6.45, 7) is 7.23. The maximum Gasteiger partial charge on any atom is 0.137 e. The van der Waals surface area contributed by atoms with Crippen LogP contribution in [0.3, 0.4) is 0 Å². The predicted molar refractivity (Wildman–Crippen MR) is 90.1 cm³/mol. The van der Waals surface area contributed by atoms with Crippen LogP contribution >= 0.6 is 15.9 Å². The molecule has 0 aromatic heterocycles. The highest BCUT2D eigenvalue weighted by Gasteiger charge is 2.31. The number of nitrogens with one attached hydrogen (secondary N) is 1. The molecule has 0 amide bonds. The van der Waals surface area contributed by atoms with Crippen molar-refractivity contribution in [2.75, 3.05) is 25.0 Å². The zero-order valence-electron chi connectivity index (χ0n) is 12.8. The number of halogens is 2. The second-order valence-electron chi connectivity index (χ2n) is 6.22. The summed E-state index contributed by atoms with van der Waals surface area (Å²) < 4.78 is 13.8. The molecular formula is C16H25BrFN3. The summed E-state index contributed by atoms with van der Waals surface area (Å²) in [4.78, 5) is 2.50. The molecule has 1 heterocycles. The molecule has 1 aromatic carbocycles. The van der Waals surface area contributed by atoms with Gasteiger partial charge < -0.3 is 16.0 Å². The third kappa shape index (κ3) is 4.18. The Morgan fingerprint density at radius 2 is 2.14 bits per heavy atom. The van der Waals surface area contributed by atoms with E-state index in [9.17, 15) is 4.39 Å². The molecule has 3 N–H and O–H groups in total. The summed E-state index contributed by atoms with van der Waals surface area (Å²) in [5, 5.41) is 3.56. The molecule has 3 nitrogen and oxygen atoms in total. The Balaban J connectivity index is 2.12. The fraction of sp³-hybridized carbons (Fsp3) is 0.625. The molecule has 1 fully saturated rings. The van der Waals surface area contributed by atoms with E-state index in [4.69, 9.17) is 5.73 Å². The Bertz CT molecular complexity index is 481. The minimum absolute atomic E-state index is 0.0963. The molecular weight excluding hydrogens is 333 g/mol. The van der Waals surface area contributed by atoms with E-state index in [1.54, 1.807) is 12.1 Å². The number of anilines is 1. The van der Waals surface area contributed by atoms with Gasteiger partial charge in [-0.2, -0.15) is 0 Å². The van der Waals surface area contributed by atoms with Crippen LogP contribution < -0.4 is 11.1 Å². The van der Waals surface area contributed by atoms with Gasteiger partial charge in [-0.05, 0) is 73.8 Å². The van der Waals surface area contributed by atoms with Crippen LogP contribution in [-0.4, -0.2) is 36.1 Å². The van der Waals surface area contributed by atoms with Gasteiger partial charge in [0.05, 0.1) is 10.0 Å². The Morgan fingerprint density at radius 1 is 1.38 bits per heavy atom. The zero-order chi connectivity index (χ0) is 15.5. The van der Waals surface area contributed by atoms with Gasteiger partial charge in [0.2, 0.25) is 0 Å². The molecule has 1 saturated heterocycles. The van der Waals surface area contributed by atoms with Crippen LogP contribution in [0.2, 0.25) is 0 Å². The quantitative estimate of drug-likeness (QED) is 0.864. The first-order valence-corrected chi connectivity index (χ1v) is 8.42. The van der Waals surface area contributed by atoms with Crippen molar-refractivity contribution in [3.05, 3.63) is 28.5 Å². The molecule has 1 aromatic rings. The minimum atomic E-state index is -0.241. The second-order valence-corrected chi connectivity index (χ2v) is 7.08. The molecule has 1 atom stereocenters. The normalized spacial score (nSPS) is 24.1. The summed E-state index contributed by atoms with van der Waals surface area (Å²) >= 11 is 3.24. The highest BCUT2D eigenvalue weighted by molar-refractivity contribution is 9.10. The summed E-state index contributed by atoms with van der Waals surface area (Å²) in [5.74, 6) is -0.241. The van der Waals surface area contributed by atoms with Gasteiger partial charge in [0, 0.05) is 24.8 Å². The summed E-state index contributed by atoms with van der Waals surface area (Å²) in [5.41, 5.74) is 6.90. The number of hydrogen-bond donors (Lipinski definition) is 2. The van der Waals surface area contributed by atoms with Crippen LogP contribution in [0.15, 0.2) is 22.7 Å². The fourth-order valence-electron chi connectivity index (χ4n) is 2.99. The highest BCUT2D eigenvalue weighted by Crippen LogP contribution is 2.29. The van der Waals surface area contributed by atoms with E-state index in [0.717, 1.165) is 38.0 Å². The Kier molecular flexibility index (Phi) is 5.63. The maximum absolute atomic E-state index is 13.4. The van der Waals surface area contributed by atoms with Gasteiger partial charge >= 0.3 is 0 Å². The van der Waals surface area contributed by atoms with E-state index in [1.807, 2.05) is 0 Å². The lowest BCUT2D eigenvalue weighted by Gasteiger charge is -2.34. The topological polar surface area (TPSA) is 41.3 Å². The molecule has 5 heteroatoms. The molecule has 0 bridgehead atoms. The van der Waals surface area contributed by atoms with Crippen molar-refractivity contribution in [3.63, 3.8) is 0 Å². The van der Waals surface area contributed by atoms with Crippen LogP contribution in [0.5, 0.6) is 0 Å². The van der Waals surface area contributed by atoms with E-state index >= 15 is 0 Å². The smallest absolute Gasteiger partial charge is 0.137 e. The van der Waals surface area contributed by atoms with E-state index in [1.165, 1.54) is 6.07 Å². The third-order valence-corrected chi connectivity index (χ3v) is 5.04. The van der Waals surface area contributed by atoms with E-state index in [2.05, 4.69) is 40.0 Å². The van der Waals surface area contributed by atoms with Crippen LogP contribution in [0.4, 0.5) is 10.1 Å². The van der Waals surface area contributed by atoms with Crippen molar-refractivity contribution in [2.45, 2.75) is 44.7 Å². The summed E-state index contributed by atoms with van der Waals surface area (Å²) in [7, 11) is 0. The summed E-state index contributed by atoms with van der Waals surface area (Å²) in [6.07, 6.45) is 3.18. The minimum Gasteiger partial charge on any atom is -0.378 e. The molecule has 0 radical (unpaired) electrons. The SMILES string of the molecule is CC(C)N1CCCC(CN)(Nc2ccc(F)c(Br)c2)CC1. The van der Waals surface area contributed by atoms with Gasteiger partial charge in [-0.15, -0.1) is 0 Å². The van der Waals surface area contributed by atoms with Crippen LogP contribution in [0.1, 0.15) is 33.1 Å². The van der Waals surface area contributed by atoms with Crippen LogP contribution in [0.25, 0.3) is 0 Å². The Hall–Kier alpha value is -0.650. The highest BCUT2D eigenvalue weighted by atomic mass is 79.9. The van der Waals surface area contributed by atoms with Crippen molar-refractivity contribution in [1.82, 2.24) is 4.90 Å². The number of nitrogens with zero attached hydrogens (tertiary/aromatic N) is 1. The van der Waals surface area contributed by atoms with Gasteiger partial charge in [0.25, 0.3) is 0 Å². The number of rotatable bonds is 4. The van der Waals surface area contributed by atoms with Crippen molar-refractivity contribution >= 4 is 21.6 Å². The lowest BCUT2D eigenvalue weighted by Crippen LogP contribution is -2.46. The van der Waals surface area contributed by atoms with E-state index < -0.39 is 0 Å². The lowest BCUT2D eigenvalue weighted by molar-refractivity contribution is 0.227. The fourth-order valence-corrected chi connectivity index (χ4v) is 3.37. The molecule has 0 aliphatic carbocycles. The summed E-state index contributed by atoms with van der Waals surface area (Å²) in [6, 6.07) is 5.62. The zero-order valence-corrected chi connectivity index (χ0v) is 14.4. The van der Waals surface area contributed by atoms with Crippen LogP contribution in [-0.2, 0) is 0 Å². The predicted octanol–water partition coefficient (Wildman–Crippen LogP) is 3.59. The van der Waals surface area contributed by atoms with E-state index in [0.29, 0.717) is 17.1 Å². The lowest BCUT2D eigenvalue weighted by atomic mass is 9.90. The molecule has 1 unspecified atom stereocenters. The van der Waals surface area contributed by atoms with Gasteiger partial charge in [-0.25, -0.2) is 4.39 Å². The largest absolute Gasteiger partial charge is 0.378 e. The molecule has 2 rings (SSSR count). The molecule has 21 heavy (non-hydrogen) atoms. The molecule has 1 aliphatic heterocycles. The molecule has 0 saturated carbocycles. The average molecular weight is 358 g/mol. The van der Waals surface area contributed by atoms with Gasteiger partial charge in [-0.1, -0.05) is 0 Å². The van der Waals surface area contributed by atoms with Crippen molar-refractivity contribution in [3.8, 4) is 0 Å². The van der Waals surface area contributed by atoms with Gasteiger partial charge in [0.15, 0.2) is 0 Å². The Morgan fingerprint density at radius 3 is 2.76 bits per heavy atom. The first-order chi connectivity index (χ1) is 9.96. The Labute approximate surface area is 135 Å². The van der Waals surface area contributed by atoms with Gasteiger partial charge in [-0.3, -0.25) is 0 Å². The standard InChI is InChI=1S/C16H25BrFN3/c1-12(2)21-8-3-6-16(11-19,7-9-21)20-13-4-5-15(18)14(17)10-13/h4-5,10,12,20H,3,6-9,11,19H2,1-2H3. The maximum atomic E-state index is 13.4. The van der Waals surface area contributed by atoms with E-state index in [-0.39, 0.29) is 11.4 Å².